The SMILES string of the molecule is Cc1cc(C)nc(Nc2ccc(C(=O)Nc3ccc(F)c(F)c3F)cc2)n1. The van der Waals surface area contributed by atoms with Gasteiger partial charge in [0.25, 0.3) is 5.91 Å². The number of nitrogens with zero attached hydrogens (tertiary/aromatic N) is 2. The summed E-state index contributed by atoms with van der Waals surface area (Å²) >= 11 is 0. The molecule has 5 nitrogen and oxygen atoms in total. The highest BCUT2D eigenvalue weighted by atomic mass is 19.2. The number of rotatable bonds is 4. The van der Waals surface area contributed by atoms with Gasteiger partial charge in [-0.05, 0) is 56.3 Å². The van der Waals surface area contributed by atoms with E-state index < -0.39 is 29.0 Å². The first-order chi connectivity index (χ1) is 12.8. The zero-order valence-electron chi connectivity index (χ0n) is 14.5. The monoisotopic (exact) mass is 372 g/mol. The van der Waals surface area contributed by atoms with Gasteiger partial charge in [-0.15, -0.1) is 0 Å². The average Bonchev–Trinajstić information content (AvgIpc) is 2.62. The van der Waals surface area contributed by atoms with E-state index in [9.17, 15) is 18.0 Å². The van der Waals surface area contributed by atoms with E-state index in [4.69, 9.17) is 0 Å². The third-order valence-corrected chi connectivity index (χ3v) is 3.67. The van der Waals surface area contributed by atoms with Gasteiger partial charge in [-0.1, -0.05) is 0 Å². The van der Waals surface area contributed by atoms with Crippen molar-refractivity contribution in [1.29, 1.82) is 0 Å². The zero-order chi connectivity index (χ0) is 19.6. The average molecular weight is 372 g/mol. The maximum absolute atomic E-state index is 13.7. The molecule has 0 radical (unpaired) electrons. The van der Waals surface area contributed by atoms with Crippen molar-refractivity contribution in [2.45, 2.75) is 13.8 Å². The molecule has 1 heterocycles. The van der Waals surface area contributed by atoms with Crippen LogP contribution in [-0.2, 0) is 0 Å². The van der Waals surface area contributed by atoms with Crippen molar-refractivity contribution in [3.8, 4) is 0 Å². The van der Waals surface area contributed by atoms with Crippen LogP contribution in [-0.4, -0.2) is 15.9 Å². The quantitative estimate of drug-likeness (QED) is 0.662. The van der Waals surface area contributed by atoms with E-state index in [1.165, 1.54) is 12.1 Å². The van der Waals surface area contributed by atoms with E-state index in [-0.39, 0.29) is 5.56 Å². The van der Waals surface area contributed by atoms with Crippen molar-refractivity contribution >= 4 is 23.2 Å². The number of anilines is 3. The largest absolute Gasteiger partial charge is 0.324 e. The lowest BCUT2D eigenvalue weighted by Gasteiger charge is -2.09. The van der Waals surface area contributed by atoms with Crippen molar-refractivity contribution in [2.24, 2.45) is 0 Å². The molecule has 1 amide bonds. The van der Waals surface area contributed by atoms with Gasteiger partial charge in [0.1, 0.15) is 0 Å². The van der Waals surface area contributed by atoms with Gasteiger partial charge in [0.2, 0.25) is 5.95 Å². The summed E-state index contributed by atoms with van der Waals surface area (Å²) in [6.07, 6.45) is 0. The topological polar surface area (TPSA) is 66.9 Å². The maximum Gasteiger partial charge on any atom is 0.255 e. The molecule has 3 rings (SSSR count). The van der Waals surface area contributed by atoms with Crippen LogP contribution in [0.25, 0.3) is 0 Å². The number of carbonyl (C=O) groups is 1. The van der Waals surface area contributed by atoms with Crippen LogP contribution < -0.4 is 10.6 Å². The third kappa shape index (κ3) is 4.22. The van der Waals surface area contributed by atoms with E-state index in [0.717, 1.165) is 23.5 Å². The summed E-state index contributed by atoms with van der Waals surface area (Å²) in [6, 6.07) is 9.78. The maximum atomic E-state index is 13.7. The van der Waals surface area contributed by atoms with Crippen LogP contribution in [0.5, 0.6) is 0 Å². The van der Waals surface area contributed by atoms with Crippen LogP contribution in [0, 0.1) is 31.3 Å². The minimum absolute atomic E-state index is 0.214. The molecule has 138 valence electrons. The fourth-order valence-electron chi connectivity index (χ4n) is 2.43. The molecule has 2 N–H and O–H groups in total. The predicted octanol–water partition coefficient (Wildman–Crippen LogP) is 4.51. The normalized spacial score (nSPS) is 10.6. The van der Waals surface area contributed by atoms with Crippen LogP contribution in [0.3, 0.4) is 0 Å². The van der Waals surface area contributed by atoms with Gasteiger partial charge in [-0.25, -0.2) is 23.1 Å². The fraction of sp³-hybridized carbons (Fsp3) is 0.105. The number of nitrogens with one attached hydrogen (secondary N) is 2. The van der Waals surface area contributed by atoms with E-state index in [1.807, 2.05) is 19.9 Å². The van der Waals surface area contributed by atoms with Crippen molar-refractivity contribution in [1.82, 2.24) is 9.97 Å². The molecule has 0 aliphatic heterocycles. The van der Waals surface area contributed by atoms with Crippen molar-refractivity contribution in [2.75, 3.05) is 10.6 Å². The van der Waals surface area contributed by atoms with Gasteiger partial charge in [0.05, 0.1) is 5.69 Å². The molecule has 0 bridgehead atoms. The second kappa shape index (κ2) is 7.45. The van der Waals surface area contributed by atoms with Crippen LogP contribution in [0.15, 0.2) is 42.5 Å². The Bertz CT molecular complexity index is 986. The number of amides is 1. The van der Waals surface area contributed by atoms with Crippen molar-refractivity contribution < 1.29 is 18.0 Å². The first-order valence-electron chi connectivity index (χ1n) is 7.97. The number of aromatic nitrogens is 2. The Hall–Kier alpha value is -3.42. The third-order valence-electron chi connectivity index (χ3n) is 3.67. The molecule has 0 unspecified atom stereocenters. The zero-order valence-corrected chi connectivity index (χ0v) is 14.5. The summed E-state index contributed by atoms with van der Waals surface area (Å²) < 4.78 is 39.8. The first kappa shape index (κ1) is 18.4. The summed E-state index contributed by atoms with van der Waals surface area (Å²) in [6.45, 7) is 3.70. The minimum Gasteiger partial charge on any atom is -0.324 e. The molecule has 0 saturated carbocycles. The molecule has 0 fully saturated rings. The van der Waals surface area contributed by atoms with Gasteiger partial charge in [0.15, 0.2) is 17.5 Å². The second-order valence-corrected chi connectivity index (χ2v) is 5.85. The number of hydrogen-bond donors (Lipinski definition) is 2. The molecule has 0 aliphatic rings. The van der Waals surface area contributed by atoms with Gasteiger partial charge in [-0.2, -0.15) is 0 Å². The van der Waals surface area contributed by atoms with Crippen LogP contribution in [0.2, 0.25) is 0 Å². The molecular weight excluding hydrogens is 357 g/mol. The molecule has 0 saturated heterocycles. The van der Waals surface area contributed by atoms with E-state index >= 15 is 0 Å². The van der Waals surface area contributed by atoms with E-state index in [0.29, 0.717) is 11.6 Å². The molecule has 8 heteroatoms. The van der Waals surface area contributed by atoms with Gasteiger partial charge < -0.3 is 10.6 Å². The molecule has 3 aromatic rings. The van der Waals surface area contributed by atoms with Gasteiger partial charge in [-0.3, -0.25) is 4.79 Å². The standard InChI is InChI=1S/C19H15F3N4O/c1-10-9-11(2)24-19(23-10)25-13-5-3-12(4-6-13)18(27)26-15-8-7-14(20)16(21)17(15)22/h3-9H,1-2H3,(H,26,27)(H,23,24,25). The van der Waals surface area contributed by atoms with Crippen molar-refractivity contribution in [3.63, 3.8) is 0 Å². The van der Waals surface area contributed by atoms with Crippen LogP contribution in [0.4, 0.5) is 30.5 Å². The molecule has 0 spiro atoms. The lowest BCUT2D eigenvalue weighted by Crippen LogP contribution is -2.14. The van der Waals surface area contributed by atoms with E-state index in [1.54, 1.807) is 12.1 Å². The summed E-state index contributed by atoms with van der Waals surface area (Å²) in [4.78, 5) is 20.7. The minimum atomic E-state index is -1.64. The van der Waals surface area contributed by atoms with E-state index in [2.05, 4.69) is 20.6 Å². The first-order valence-corrected chi connectivity index (χ1v) is 7.97. The lowest BCUT2D eigenvalue weighted by atomic mass is 10.2. The fourth-order valence-corrected chi connectivity index (χ4v) is 2.43. The number of hydrogen-bond acceptors (Lipinski definition) is 4. The lowest BCUT2D eigenvalue weighted by molar-refractivity contribution is 0.102. The molecule has 27 heavy (non-hydrogen) atoms. The Morgan fingerprint density at radius 1 is 0.889 bits per heavy atom. The summed E-state index contributed by atoms with van der Waals surface area (Å²) in [7, 11) is 0. The smallest absolute Gasteiger partial charge is 0.255 e. The number of halogens is 3. The van der Waals surface area contributed by atoms with Gasteiger partial charge in [0, 0.05) is 22.6 Å². The molecule has 1 aromatic heterocycles. The number of carbonyl (C=O) groups excluding carboxylic acids is 1. The second-order valence-electron chi connectivity index (χ2n) is 5.85. The highest BCUT2D eigenvalue weighted by molar-refractivity contribution is 6.04. The van der Waals surface area contributed by atoms with Gasteiger partial charge >= 0.3 is 0 Å². The Morgan fingerprint density at radius 2 is 1.52 bits per heavy atom. The Kier molecular flexibility index (Phi) is 5.07. The number of benzene rings is 2. The highest BCUT2D eigenvalue weighted by Crippen LogP contribution is 2.21. The number of aryl methyl sites for hydroxylation is 2. The molecular formula is C19H15F3N4O. The Balaban J connectivity index is 1.73. The summed E-state index contributed by atoms with van der Waals surface area (Å²) in [5.41, 5.74) is 2.05. The summed E-state index contributed by atoms with van der Waals surface area (Å²) in [5.74, 6) is -4.65. The van der Waals surface area contributed by atoms with Crippen molar-refractivity contribution in [3.05, 3.63) is 76.9 Å². The Morgan fingerprint density at radius 3 is 2.15 bits per heavy atom. The van der Waals surface area contributed by atoms with Crippen LogP contribution in [0.1, 0.15) is 21.7 Å². The van der Waals surface area contributed by atoms with Crippen LogP contribution >= 0.6 is 0 Å². The summed E-state index contributed by atoms with van der Waals surface area (Å²) in [5, 5.41) is 5.23. The molecule has 2 aromatic carbocycles. The molecule has 0 aliphatic carbocycles. The molecule has 0 atom stereocenters. The highest BCUT2D eigenvalue weighted by Gasteiger charge is 2.16. The predicted molar refractivity (Wildman–Crippen MR) is 95.5 cm³/mol. The Labute approximate surface area is 153 Å².